The van der Waals surface area contributed by atoms with E-state index in [-0.39, 0.29) is 5.60 Å². The first-order valence-corrected chi connectivity index (χ1v) is 7.12. The fraction of sp³-hybridized carbons (Fsp3) is 1.00. The molecule has 0 bridgehead atoms. The number of ether oxygens (including phenoxy) is 1. The topological polar surface area (TPSA) is 21.3 Å². The molecule has 2 saturated carbocycles. The predicted octanol–water partition coefficient (Wildman–Crippen LogP) is 3.01. The van der Waals surface area contributed by atoms with Crippen LogP contribution in [0.1, 0.15) is 64.7 Å². The molecule has 1 spiro atoms. The van der Waals surface area contributed by atoms with Gasteiger partial charge in [0.25, 0.3) is 0 Å². The minimum absolute atomic E-state index is 0.263. The summed E-state index contributed by atoms with van der Waals surface area (Å²) in [6.07, 6.45) is 12.0. The van der Waals surface area contributed by atoms with Crippen molar-refractivity contribution < 1.29 is 4.74 Å². The van der Waals surface area contributed by atoms with E-state index >= 15 is 0 Å². The van der Waals surface area contributed by atoms with Gasteiger partial charge < -0.3 is 10.1 Å². The molecule has 1 heterocycles. The van der Waals surface area contributed by atoms with Crippen LogP contribution in [0.25, 0.3) is 0 Å². The smallest absolute Gasteiger partial charge is 0.0697 e. The summed E-state index contributed by atoms with van der Waals surface area (Å²) in [6.45, 7) is 3.35. The molecule has 0 radical (unpaired) electrons. The fourth-order valence-corrected chi connectivity index (χ4v) is 3.52. The van der Waals surface area contributed by atoms with Gasteiger partial charge in [-0.2, -0.15) is 0 Å². The average molecular weight is 223 g/mol. The minimum Gasteiger partial charge on any atom is -0.375 e. The molecular weight excluding hydrogens is 198 g/mol. The van der Waals surface area contributed by atoms with E-state index in [1.165, 1.54) is 57.8 Å². The molecule has 3 fully saturated rings. The lowest BCUT2D eigenvalue weighted by Crippen LogP contribution is -2.50. The highest BCUT2D eigenvalue weighted by Crippen LogP contribution is 2.41. The van der Waals surface area contributed by atoms with Crippen molar-refractivity contribution in [2.75, 3.05) is 6.61 Å². The molecule has 0 aromatic heterocycles. The molecule has 1 saturated heterocycles. The molecule has 3 rings (SSSR count). The SMILES string of the molecule is CC1(NC2CCOC3(CCCCC3)C2)CC1. The maximum Gasteiger partial charge on any atom is 0.0697 e. The van der Waals surface area contributed by atoms with Gasteiger partial charge in [0.2, 0.25) is 0 Å². The monoisotopic (exact) mass is 223 g/mol. The fourth-order valence-electron chi connectivity index (χ4n) is 3.52. The van der Waals surface area contributed by atoms with Gasteiger partial charge in [-0.05, 0) is 45.4 Å². The van der Waals surface area contributed by atoms with Crippen molar-refractivity contribution in [3.8, 4) is 0 Å². The molecule has 1 atom stereocenters. The van der Waals surface area contributed by atoms with Crippen LogP contribution in [0.2, 0.25) is 0 Å². The van der Waals surface area contributed by atoms with Gasteiger partial charge in [0.1, 0.15) is 0 Å². The zero-order valence-corrected chi connectivity index (χ0v) is 10.6. The molecular formula is C14H25NO. The Morgan fingerprint density at radius 1 is 1.06 bits per heavy atom. The Balaban J connectivity index is 1.60. The predicted molar refractivity (Wildman–Crippen MR) is 65.6 cm³/mol. The van der Waals surface area contributed by atoms with Gasteiger partial charge in [-0.25, -0.2) is 0 Å². The van der Waals surface area contributed by atoms with Crippen molar-refractivity contribution in [3.05, 3.63) is 0 Å². The summed E-state index contributed by atoms with van der Waals surface area (Å²) >= 11 is 0. The summed E-state index contributed by atoms with van der Waals surface area (Å²) in [5.41, 5.74) is 0.747. The first-order valence-electron chi connectivity index (χ1n) is 7.12. The summed E-state index contributed by atoms with van der Waals surface area (Å²) in [5, 5.41) is 3.86. The van der Waals surface area contributed by atoms with Crippen LogP contribution in [-0.2, 0) is 4.74 Å². The lowest BCUT2D eigenvalue weighted by molar-refractivity contribution is -0.110. The van der Waals surface area contributed by atoms with E-state index in [0.717, 1.165) is 12.6 Å². The quantitative estimate of drug-likeness (QED) is 0.777. The Morgan fingerprint density at radius 3 is 2.50 bits per heavy atom. The zero-order chi connectivity index (χ0) is 11.1. The Morgan fingerprint density at radius 2 is 1.81 bits per heavy atom. The van der Waals surface area contributed by atoms with E-state index in [9.17, 15) is 0 Å². The second-order valence-corrected chi connectivity index (χ2v) is 6.49. The number of nitrogens with one attached hydrogen (secondary N) is 1. The molecule has 1 unspecified atom stereocenters. The molecule has 2 aliphatic carbocycles. The maximum absolute atomic E-state index is 6.13. The Bertz CT molecular complexity index is 248. The zero-order valence-electron chi connectivity index (χ0n) is 10.6. The Labute approximate surface area is 99.1 Å². The summed E-state index contributed by atoms with van der Waals surface area (Å²) in [6, 6.07) is 0.722. The van der Waals surface area contributed by atoms with Crippen LogP contribution in [0.4, 0.5) is 0 Å². The van der Waals surface area contributed by atoms with Crippen LogP contribution in [-0.4, -0.2) is 23.8 Å². The highest BCUT2D eigenvalue weighted by atomic mass is 16.5. The second-order valence-electron chi connectivity index (χ2n) is 6.49. The second kappa shape index (κ2) is 3.99. The van der Waals surface area contributed by atoms with Gasteiger partial charge in [0, 0.05) is 18.2 Å². The Kier molecular flexibility index (Phi) is 2.75. The van der Waals surface area contributed by atoms with Crippen molar-refractivity contribution in [1.29, 1.82) is 0 Å². The van der Waals surface area contributed by atoms with Crippen molar-refractivity contribution >= 4 is 0 Å². The normalized spacial score (nSPS) is 36.2. The van der Waals surface area contributed by atoms with Crippen molar-refractivity contribution in [3.63, 3.8) is 0 Å². The summed E-state index contributed by atoms with van der Waals surface area (Å²) in [4.78, 5) is 0. The molecule has 0 aromatic rings. The highest BCUT2D eigenvalue weighted by Gasteiger charge is 2.43. The first-order chi connectivity index (χ1) is 7.70. The number of hydrogen-bond acceptors (Lipinski definition) is 2. The lowest BCUT2D eigenvalue weighted by Gasteiger charge is -2.44. The minimum atomic E-state index is 0.263. The molecule has 92 valence electrons. The first kappa shape index (κ1) is 11.0. The van der Waals surface area contributed by atoms with Gasteiger partial charge in [-0.3, -0.25) is 0 Å². The van der Waals surface area contributed by atoms with Gasteiger partial charge in [0.05, 0.1) is 5.60 Å². The molecule has 1 N–H and O–H groups in total. The van der Waals surface area contributed by atoms with Gasteiger partial charge in [0.15, 0.2) is 0 Å². The summed E-state index contributed by atoms with van der Waals surface area (Å²) in [7, 11) is 0. The van der Waals surface area contributed by atoms with Crippen LogP contribution in [0.5, 0.6) is 0 Å². The average Bonchev–Trinajstić information content (AvgIpc) is 2.97. The van der Waals surface area contributed by atoms with E-state index in [4.69, 9.17) is 4.74 Å². The molecule has 0 aromatic carbocycles. The van der Waals surface area contributed by atoms with Crippen LogP contribution in [0.15, 0.2) is 0 Å². The highest BCUT2D eigenvalue weighted by molar-refractivity contribution is 5.02. The summed E-state index contributed by atoms with van der Waals surface area (Å²) < 4.78 is 6.13. The van der Waals surface area contributed by atoms with E-state index in [1.54, 1.807) is 0 Å². The standard InChI is InChI=1S/C14H25NO/c1-13(8-9-13)15-12-5-10-16-14(11-12)6-3-2-4-7-14/h12,15H,2-11H2,1H3. The summed E-state index contributed by atoms with van der Waals surface area (Å²) in [5.74, 6) is 0. The van der Waals surface area contributed by atoms with E-state index in [0.29, 0.717) is 5.54 Å². The van der Waals surface area contributed by atoms with Crippen molar-refractivity contribution in [2.45, 2.75) is 81.9 Å². The van der Waals surface area contributed by atoms with E-state index < -0.39 is 0 Å². The third kappa shape index (κ3) is 2.28. The van der Waals surface area contributed by atoms with Gasteiger partial charge in [-0.1, -0.05) is 19.3 Å². The van der Waals surface area contributed by atoms with Crippen LogP contribution in [0.3, 0.4) is 0 Å². The van der Waals surface area contributed by atoms with Gasteiger partial charge in [-0.15, -0.1) is 0 Å². The van der Waals surface area contributed by atoms with Crippen molar-refractivity contribution in [2.24, 2.45) is 0 Å². The lowest BCUT2D eigenvalue weighted by atomic mass is 9.78. The number of hydrogen-bond donors (Lipinski definition) is 1. The van der Waals surface area contributed by atoms with Crippen LogP contribution < -0.4 is 5.32 Å². The number of rotatable bonds is 2. The third-order valence-electron chi connectivity index (χ3n) is 4.81. The van der Waals surface area contributed by atoms with Crippen molar-refractivity contribution in [1.82, 2.24) is 5.32 Å². The van der Waals surface area contributed by atoms with E-state index in [1.807, 2.05) is 0 Å². The molecule has 3 aliphatic rings. The van der Waals surface area contributed by atoms with E-state index in [2.05, 4.69) is 12.2 Å². The molecule has 1 aliphatic heterocycles. The van der Waals surface area contributed by atoms with Crippen LogP contribution in [0, 0.1) is 0 Å². The maximum atomic E-state index is 6.13. The molecule has 2 heteroatoms. The Hall–Kier alpha value is -0.0800. The molecule has 16 heavy (non-hydrogen) atoms. The third-order valence-corrected chi connectivity index (χ3v) is 4.81. The van der Waals surface area contributed by atoms with Crippen LogP contribution >= 0.6 is 0 Å². The largest absolute Gasteiger partial charge is 0.375 e. The van der Waals surface area contributed by atoms with Gasteiger partial charge >= 0.3 is 0 Å². The molecule has 0 amide bonds. The molecule has 2 nitrogen and oxygen atoms in total.